The molecule has 2 aromatic rings. The molecule has 4 N–H and O–H groups in total. The fourth-order valence-electron chi connectivity index (χ4n) is 4.40. The summed E-state index contributed by atoms with van der Waals surface area (Å²) < 4.78 is 5.40. The summed E-state index contributed by atoms with van der Waals surface area (Å²) in [6.45, 7) is 2.21. The first-order valence-corrected chi connectivity index (χ1v) is 10.9. The average Bonchev–Trinajstić information content (AvgIpc) is 2.75. The number of ether oxygens (including phenoxy) is 1. The standard InChI is InChI=1S/C23H30N6O2/c1-29(15-16-7-11-31-12-8-16)22(30)28-20(24)23(9-2-10-23)19-5-3-17(4-6-19)18-13-26-21(25)27-14-18/h3-6,13-14,16H,2,7-12,15H2,1H3,(H2,24,28,30)(H2,25,26,27). The zero-order valence-electron chi connectivity index (χ0n) is 17.9. The van der Waals surface area contributed by atoms with Crippen LogP contribution < -0.4 is 11.1 Å². The third-order valence-corrected chi connectivity index (χ3v) is 6.58. The van der Waals surface area contributed by atoms with E-state index in [0.29, 0.717) is 12.5 Å². The lowest BCUT2D eigenvalue weighted by Crippen LogP contribution is -2.53. The molecule has 1 aliphatic heterocycles. The predicted octanol–water partition coefficient (Wildman–Crippen LogP) is 3.19. The van der Waals surface area contributed by atoms with E-state index in [1.54, 1.807) is 24.3 Å². The molecule has 2 amide bonds. The van der Waals surface area contributed by atoms with E-state index in [1.807, 2.05) is 24.3 Å². The van der Waals surface area contributed by atoms with Gasteiger partial charge in [0.2, 0.25) is 5.95 Å². The van der Waals surface area contributed by atoms with Crippen LogP contribution in [0.15, 0.2) is 36.7 Å². The van der Waals surface area contributed by atoms with Gasteiger partial charge in [-0.2, -0.15) is 0 Å². The number of benzene rings is 1. The number of carbonyl (C=O) groups excluding carboxylic acids is 1. The Hall–Kier alpha value is -3.00. The molecule has 0 radical (unpaired) electrons. The summed E-state index contributed by atoms with van der Waals surface area (Å²) in [6.07, 6.45) is 8.12. The third-order valence-electron chi connectivity index (χ3n) is 6.58. The van der Waals surface area contributed by atoms with Crippen LogP contribution in [-0.2, 0) is 10.2 Å². The van der Waals surface area contributed by atoms with Crippen molar-refractivity contribution in [2.24, 2.45) is 5.92 Å². The highest BCUT2D eigenvalue weighted by molar-refractivity contribution is 6.02. The minimum Gasteiger partial charge on any atom is -0.381 e. The van der Waals surface area contributed by atoms with Crippen molar-refractivity contribution in [2.45, 2.75) is 37.5 Å². The first-order valence-electron chi connectivity index (χ1n) is 10.9. The fraction of sp³-hybridized carbons (Fsp3) is 0.478. The molecule has 4 rings (SSSR count). The van der Waals surface area contributed by atoms with Crippen LogP contribution >= 0.6 is 0 Å². The van der Waals surface area contributed by atoms with Crippen molar-refractivity contribution in [1.82, 2.24) is 20.2 Å². The van der Waals surface area contributed by atoms with E-state index >= 15 is 0 Å². The van der Waals surface area contributed by atoms with Gasteiger partial charge in [0, 0.05) is 44.8 Å². The zero-order valence-corrected chi connectivity index (χ0v) is 17.9. The third kappa shape index (κ3) is 4.54. The molecule has 0 unspecified atom stereocenters. The molecule has 1 aliphatic carbocycles. The summed E-state index contributed by atoms with van der Waals surface area (Å²) in [7, 11) is 1.80. The molecular formula is C23H30N6O2. The van der Waals surface area contributed by atoms with E-state index in [-0.39, 0.29) is 17.8 Å². The van der Waals surface area contributed by atoms with Gasteiger partial charge < -0.3 is 15.4 Å². The highest BCUT2D eigenvalue weighted by Crippen LogP contribution is 2.44. The Bertz CT molecular complexity index is 918. The van der Waals surface area contributed by atoms with E-state index in [2.05, 4.69) is 15.3 Å². The van der Waals surface area contributed by atoms with Crippen molar-refractivity contribution in [2.75, 3.05) is 32.5 Å². The van der Waals surface area contributed by atoms with Crippen LogP contribution in [-0.4, -0.2) is 53.5 Å². The van der Waals surface area contributed by atoms with E-state index in [9.17, 15) is 4.79 Å². The molecule has 2 fully saturated rings. The molecule has 2 heterocycles. The minimum absolute atomic E-state index is 0.210. The number of nitrogen functional groups attached to an aromatic ring is 1. The van der Waals surface area contributed by atoms with Crippen molar-refractivity contribution in [3.05, 3.63) is 42.2 Å². The molecule has 0 atom stereocenters. The van der Waals surface area contributed by atoms with Crippen molar-refractivity contribution in [3.63, 3.8) is 0 Å². The van der Waals surface area contributed by atoms with Crippen LogP contribution in [0, 0.1) is 11.3 Å². The van der Waals surface area contributed by atoms with Gasteiger partial charge in [-0.1, -0.05) is 30.7 Å². The molecule has 1 saturated carbocycles. The summed E-state index contributed by atoms with van der Waals surface area (Å²) >= 11 is 0. The Balaban J connectivity index is 1.42. The summed E-state index contributed by atoms with van der Waals surface area (Å²) in [4.78, 5) is 22.5. The van der Waals surface area contributed by atoms with E-state index in [4.69, 9.17) is 15.9 Å². The topological polar surface area (TPSA) is 117 Å². The maximum Gasteiger partial charge on any atom is 0.322 e. The number of aromatic nitrogens is 2. The zero-order chi connectivity index (χ0) is 21.8. The molecule has 0 spiro atoms. The molecule has 0 bridgehead atoms. The summed E-state index contributed by atoms with van der Waals surface area (Å²) in [5.41, 5.74) is 8.08. The van der Waals surface area contributed by atoms with Gasteiger partial charge in [-0.05, 0) is 42.7 Å². The van der Waals surface area contributed by atoms with Gasteiger partial charge in [-0.15, -0.1) is 0 Å². The Labute approximate surface area is 182 Å². The number of nitrogens with two attached hydrogens (primary N) is 1. The average molecular weight is 423 g/mol. The van der Waals surface area contributed by atoms with Crippen LogP contribution in [0.2, 0.25) is 0 Å². The SMILES string of the molecule is CN(CC1CCOCC1)C(=O)NC(=N)C1(c2ccc(-c3cnc(N)nc3)cc2)CCC1. The quantitative estimate of drug-likeness (QED) is 0.505. The molecule has 1 saturated heterocycles. The molecule has 1 aromatic carbocycles. The second-order valence-electron chi connectivity index (χ2n) is 8.58. The van der Waals surface area contributed by atoms with Gasteiger partial charge in [0.1, 0.15) is 5.84 Å². The normalized spacial score (nSPS) is 18.1. The first-order chi connectivity index (χ1) is 15.0. The number of urea groups is 1. The highest BCUT2D eigenvalue weighted by Gasteiger charge is 2.43. The van der Waals surface area contributed by atoms with Gasteiger partial charge in [0.15, 0.2) is 0 Å². The summed E-state index contributed by atoms with van der Waals surface area (Å²) in [6, 6.07) is 7.89. The molecule has 8 heteroatoms. The predicted molar refractivity (Wildman–Crippen MR) is 120 cm³/mol. The van der Waals surface area contributed by atoms with Gasteiger partial charge >= 0.3 is 6.03 Å². The lowest BCUT2D eigenvalue weighted by molar-refractivity contribution is 0.0588. The Morgan fingerprint density at radius 2 is 1.84 bits per heavy atom. The molecule has 8 nitrogen and oxygen atoms in total. The van der Waals surface area contributed by atoms with Crippen LogP contribution in [0.3, 0.4) is 0 Å². The largest absolute Gasteiger partial charge is 0.381 e. The monoisotopic (exact) mass is 422 g/mol. The minimum atomic E-state index is -0.425. The Kier molecular flexibility index (Phi) is 6.18. The van der Waals surface area contributed by atoms with Crippen LogP contribution in [0.4, 0.5) is 10.7 Å². The summed E-state index contributed by atoms with van der Waals surface area (Å²) in [5.74, 6) is 0.993. The maximum absolute atomic E-state index is 12.7. The Morgan fingerprint density at radius 1 is 1.19 bits per heavy atom. The second-order valence-corrected chi connectivity index (χ2v) is 8.58. The van der Waals surface area contributed by atoms with Crippen LogP contribution in [0.5, 0.6) is 0 Å². The van der Waals surface area contributed by atoms with Gasteiger partial charge in [0.25, 0.3) is 0 Å². The van der Waals surface area contributed by atoms with Gasteiger partial charge in [0.05, 0.1) is 5.41 Å². The number of hydrogen-bond acceptors (Lipinski definition) is 6. The van der Waals surface area contributed by atoms with Crippen molar-refractivity contribution < 1.29 is 9.53 Å². The number of hydrogen-bond donors (Lipinski definition) is 3. The number of amides is 2. The number of amidine groups is 1. The van der Waals surface area contributed by atoms with Crippen LogP contribution in [0.1, 0.15) is 37.7 Å². The van der Waals surface area contributed by atoms with Gasteiger partial charge in [-0.25, -0.2) is 14.8 Å². The number of anilines is 1. The lowest BCUT2D eigenvalue weighted by Gasteiger charge is -2.43. The molecule has 1 aromatic heterocycles. The van der Waals surface area contributed by atoms with Crippen LogP contribution in [0.25, 0.3) is 11.1 Å². The highest BCUT2D eigenvalue weighted by atomic mass is 16.5. The molecule has 164 valence electrons. The smallest absolute Gasteiger partial charge is 0.322 e. The second kappa shape index (κ2) is 9.01. The van der Waals surface area contributed by atoms with Gasteiger partial charge in [-0.3, -0.25) is 10.7 Å². The maximum atomic E-state index is 12.7. The lowest BCUT2D eigenvalue weighted by atomic mass is 9.63. The van der Waals surface area contributed by atoms with Crippen molar-refractivity contribution in [3.8, 4) is 11.1 Å². The fourth-order valence-corrected chi connectivity index (χ4v) is 4.40. The Morgan fingerprint density at radius 3 is 2.42 bits per heavy atom. The van der Waals surface area contributed by atoms with Crippen molar-refractivity contribution in [1.29, 1.82) is 5.41 Å². The number of nitrogens with one attached hydrogen (secondary N) is 2. The number of rotatable bonds is 5. The molecular weight excluding hydrogens is 392 g/mol. The summed E-state index contributed by atoms with van der Waals surface area (Å²) in [5, 5.41) is 11.6. The van der Waals surface area contributed by atoms with E-state index in [0.717, 1.165) is 62.0 Å². The number of nitrogens with zero attached hydrogens (tertiary/aromatic N) is 3. The first kappa shape index (κ1) is 21.2. The van der Waals surface area contributed by atoms with E-state index in [1.165, 1.54) is 0 Å². The van der Waals surface area contributed by atoms with Crippen molar-refractivity contribution >= 4 is 17.8 Å². The molecule has 31 heavy (non-hydrogen) atoms. The molecule has 2 aliphatic rings. The number of carbonyl (C=O) groups is 1. The van der Waals surface area contributed by atoms with E-state index < -0.39 is 5.41 Å².